The molecule has 1 aromatic carbocycles. The molecule has 0 atom stereocenters. The van der Waals surface area contributed by atoms with Gasteiger partial charge in [-0.15, -0.1) is 0 Å². The lowest BCUT2D eigenvalue weighted by Gasteiger charge is -2.31. The van der Waals surface area contributed by atoms with Crippen molar-refractivity contribution in [1.82, 2.24) is 15.5 Å². The summed E-state index contributed by atoms with van der Waals surface area (Å²) in [5.74, 6) is 1.06. The molecule has 5 nitrogen and oxygen atoms in total. The van der Waals surface area contributed by atoms with Crippen LogP contribution in [-0.2, 0) is 17.8 Å². The molecule has 0 radical (unpaired) electrons. The van der Waals surface area contributed by atoms with Gasteiger partial charge in [0.25, 0.3) is 0 Å². The molecule has 0 saturated heterocycles. The van der Waals surface area contributed by atoms with Crippen molar-refractivity contribution in [3.05, 3.63) is 35.4 Å². The number of aliphatic imine (C=N–C) groups is 1. The van der Waals surface area contributed by atoms with Crippen LogP contribution in [-0.4, -0.2) is 42.4 Å². The van der Waals surface area contributed by atoms with Crippen molar-refractivity contribution in [2.45, 2.75) is 58.0 Å². The number of fused-ring (bicyclic) bond motifs is 1. The van der Waals surface area contributed by atoms with Gasteiger partial charge in [-0.1, -0.05) is 37.1 Å². The molecule has 25 heavy (non-hydrogen) atoms. The van der Waals surface area contributed by atoms with Gasteiger partial charge in [0.1, 0.15) is 0 Å². The van der Waals surface area contributed by atoms with Gasteiger partial charge in [0.05, 0.1) is 6.54 Å². The number of hydrogen-bond donors (Lipinski definition) is 2. The first-order valence-electron chi connectivity index (χ1n) is 9.65. The van der Waals surface area contributed by atoms with Crippen LogP contribution in [0.25, 0.3) is 0 Å². The topological polar surface area (TPSA) is 56.7 Å². The Balaban J connectivity index is 1.53. The number of carbonyl (C=O) groups is 1. The van der Waals surface area contributed by atoms with E-state index in [2.05, 4.69) is 46.7 Å². The highest BCUT2D eigenvalue weighted by molar-refractivity contribution is 5.81. The molecule has 0 bridgehead atoms. The van der Waals surface area contributed by atoms with Gasteiger partial charge < -0.3 is 15.5 Å². The van der Waals surface area contributed by atoms with Crippen molar-refractivity contribution in [1.29, 1.82) is 0 Å². The number of nitrogens with one attached hydrogen (secondary N) is 2. The van der Waals surface area contributed by atoms with Gasteiger partial charge in [-0.2, -0.15) is 0 Å². The van der Waals surface area contributed by atoms with Gasteiger partial charge in [0.2, 0.25) is 5.91 Å². The minimum atomic E-state index is 0.135. The Morgan fingerprint density at radius 2 is 2.00 bits per heavy atom. The Hall–Kier alpha value is -2.04. The minimum absolute atomic E-state index is 0.135. The molecule has 1 aliphatic heterocycles. The van der Waals surface area contributed by atoms with E-state index < -0.39 is 0 Å². The predicted octanol–water partition coefficient (Wildman–Crippen LogP) is 2.46. The number of rotatable bonds is 5. The zero-order chi connectivity index (χ0) is 17.5. The van der Waals surface area contributed by atoms with Crippen LogP contribution in [0.15, 0.2) is 29.3 Å². The van der Waals surface area contributed by atoms with E-state index >= 15 is 0 Å². The van der Waals surface area contributed by atoms with Crippen LogP contribution >= 0.6 is 0 Å². The first kappa shape index (κ1) is 17.8. The first-order chi connectivity index (χ1) is 12.3. The van der Waals surface area contributed by atoms with Gasteiger partial charge >= 0.3 is 0 Å². The van der Waals surface area contributed by atoms with E-state index in [4.69, 9.17) is 4.99 Å². The van der Waals surface area contributed by atoms with Crippen LogP contribution in [0.3, 0.4) is 0 Å². The molecule has 1 fully saturated rings. The highest BCUT2D eigenvalue weighted by Crippen LogP contribution is 2.19. The van der Waals surface area contributed by atoms with Crippen molar-refractivity contribution >= 4 is 11.9 Å². The molecular weight excluding hydrogens is 312 g/mol. The van der Waals surface area contributed by atoms with Crippen LogP contribution in [0.4, 0.5) is 0 Å². The van der Waals surface area contributed by atoms with Crippen molar-refractivity contribution in [3.8, 4) is 0 Å². The molecule has 0 unspecified atom stereocenters. The number of guanidine groups is 1. The second-order valence-electron chi connectivity index (χ2n) is 6.97. The summed E-state index contributed by atoms with van der Waals surface area (Å²) >= 11 is 0. The SMILES string of the molecule is CCNC(=NCCC(=O)NC1CCCC1)N1CCc2ccccc2C1. The Morgan fingerprint density at radius 1 is 1.24 bits per heavy atom. The van der Waals surface area contributed by atoms with Crippen molar-refractivity contribution in [2.75, 3.05) is 19.6 Å². The maximum Gasteiger partial charge on any atom is 0.222 e. The number of hydrogen-bond acceptors (Lipinski definition) is 2. The fourth-order valence-electron chi connectivity index (χ4n) is 3.74. The third-order valence-electron chi connectivity index (χ3n) is 5.09. The summed E-state index contributed by atoms with van der Waals surface area (Å²) in [6.07, 6.45) is 6.25. The van der Waals surface area contributed by atoms with E-state index in [1.807, 2.05) is 0 Å². The fourth-order valence-corrected chi connectivity index (χ4v) is 3.74. The number of benzene rings is 1. The molecule has 1 heterocycles. The van der Waals surface area contributed by atoms with Crippen molar-refractivity contribution in [2.24, 2.45) is 4.99 Å². The van der Waals surface area contributed by atoms with Crippen molar-refractivity contribution < 1.29 is 4.79 Å². The highest BCUT2D eigenvalue weighted by atomic mass is 16.1. The van der Waals surface area contributed by atoms with Gasteiger partial charge in [-0.25, -0.2) is 0 Å². The Labute approximate surface area is 150 Å². The lowest BCUT2D eigenvalue weighted by molar-refractivity contribution is -0.121. The molecule has 1 aliphatic carbocycles. The summed E-state index contributed by atoms with van der Waals surface area (Å²) in [5.41, 5.74) is 2.81. The Bertz CT molecular complexity index is 607. The summed E-state index contributed by atoms with van der Waals surface area (Å²) < 4.78 is 0. The van der Waals surface area contributed by atoms with Crippen LogP contribution in [0.2, 0.25) is 0 Å². The van der Waals surface area contributed by atoms with Crippen LogP contribution in [0.5, 0.6) is 0 Å². The fraction of sp³-hybridized carbons (Fsp3) is 0.600. The lowest BCUT2D eigenvalue weighted by Crippen LogP contribution is -2.44. The molecule has 2 N–H and O–H groups in total. The third kappa shape index (κ3) is 4.97. The molecule has 1 amide bonds. The lowest BCUT2D eigenvalue weighted by atomic mass is 10.0. The number of amides is 1. The maximum absolute atomic E-state index is 12.1. The monoisotopic (exact) mass is 342 g/mol. The van der Waals surface area contributed by atoms with Gasteiger partial charge in [0.15, 0.2) is 5.96 Å². The van der Waals surface area contributed by atoms with Crippen LogP contribution in [0, 0.1) is 0 Å². The molecule has 3 rings (SSSR count). The molecular formula is C20H30N4O. The molecule has 0 spiro atoms. The second-order valence-corrected chi connectivity index (χ2v) is 6.97. The first-order valence-corrected chi connectivity index (χ1v) is 9.65. The maximum atomic E-state index is 12.1. The van der Waals surface area contributed by atoms with E-state index in [0.29, 0.717) is 19.0 Å². The number of nitrogens with zero attached hydrogens (tertiary/aromatic N) is 2. The molecule has 2 aliphatic rings. The average Bonchev–Trinajstić information content (AvgIpc) is 3.13. The Morgan fingerprint density at radius 3 is 2.76 bits per heavy atom. The largest absolute Gasteiger partial charge is 0.357 e. The van der Waals surface area contributed by atoms with E-state index in [-0.39, 0.29) is 5.91 Å². The van der Waals surface area contributed by atoms with Crippen molar-refractivity contribution in [3.63, 3.8) is 0 Å². The number of carbonyl (C=O) groups excluding carboxylic acids is 1. The summed E-state index contributed by atoms with van der Waals surface area (Å²) in [7, 11) is 0. The predicted molar refractivity (Wildman–Crippen MR) is 102 cm³/mol. The molecule has 1 aromatic rings. The summed E-state index contributed by atoms with van der Waals surface area (Å²) in [6.45, 7) is 5.32. The van der Waals surface area contributed by atoms with Gasteiger partial charge in [0, 0.05) is 32.1 Å². The zero-order valence-electron chi connectivity index (χ0n) is 15.3. The van der Waals surface area contributed by atoms with Crippen LogP contribution < -0.4 is 10.6 Å². The smallest absolute Gasteiger partial charge is 0.222 e. The average molecular weight is 342 g/mol. The molecule has 1 saturated carbocycles. The quantitative estimate of drug-likeness (QED) is 0.638. The van der Waals surface area contributed by atoms with Crippen LogP contribution in [0.1, 0.15) is 50.2 Å². The Kier molecular flexibility index (Phi) is 6.31. The normalized spacial score (nSPS) is 18.1. The highest BCUT2D eigenvalue weighted by Gasteiger charge is 2.19. The summed E-state index contributed by atoms with van der Waals surface area (Å²) in [4.78, 5) is 19.1. The third-order valence-corrected chi connectivity index (χ3v) is 5.09. The molecule has 136 valence electrons. The molecule has 5 heteroatoms. The van der Waals surface area contributed by atoms with E-state index in [0.717, 1.165) is 44.9 Å². The van der Waals surface area contributed by atoms with Gasteiger partial charge in [-0.05, 0) is 37.3 Å². The van der Waals surface area contributed by atoms with E-state index in [9.17, 15) is 4.79 Å². The molecule has 0 aromatic heterocycles. The summed E-state index contributed by atoms with van der Waals surface area (Å²) in [5, 5.41) is 6.51. The zero-order valence-corrected chi connectivity index (χ0v) is 15.3. The van der Waals surface area contributed by atoms with E-state index in [1.165, 1.54) is 24.0 Å². The summed E-state index contributed by atoms with van der Waals surface area (Å²) in [6, 6.07) is 9.00. The van der Waals surface area contributed by atoms with E-state index in [1.54, 1.807) is 0 Å². The second kappa shape index (κ2) is 8.88. The standard InChI is InChI=1S/C20H30N4O/c1-2-21-20(22-13-11-19(25)23-18-9-5-6-10-18)24-14-12-16-7-3-4-8-17(16)15-24/h3-4,7-8,18H,2,5-6,9-15H2,1H3,(H,21,22)(H,23,25). The van der Waals surface area contributed by atoms with Gasteiger partial charge in [-0.3, -0.25) is 9.79 Å². The minimum Gasteiger partial charge on any atom is -0.357 e.